The summed E-state index contributed by atoms with van der Waals surface area (Å²) >= 11 is 8.75. The molecule has 0 aliphatic heterocycles. The van der Waals surface area contributed by atoms with Gasteiger partial charge in [0.05, 0.1) is 10.6 Å². The Balaban J connectivity index is 2.80. The van der Waals surface area contributed by atoms with E-state index in [9.17, 15) is 9.18 Å². The summed E-state index contributed by atoms with van der Waals surface area (Å²) in [6, 6.07) is 2.93. The lowest BCUT2D eigenvalue weighted by Crippen LogP contribution is -2.11. The summed E-state index contributed by atoms with van der Waals surface area (Å²) in [5.74, 6) is -1.11. The summed E-state index contributed by atoms with van der Waals surface area (Å²) in [6.45, 7) is 2.29. The zero-order valence-electron chi connectivity index (χ0n) is 8.73. The highest BCUT2D eigenvalue weighted by molar-refractivity contribution is 9.10. The van der Waals surface area contributed by atoms with Gasteiger partial charge in [0, 0.05) is 11.1 Å². The van der Waals surface area contributed by atoms with Gasteiger partial charge in [0.1, 0.15) is 6.61 Å². The number of ketones is 1. The first kappa shape index (κ1) is 13.6. The van der Waals surface area contributed by atoms with Crippen molar-refractivity contribution in [1.29, 1.82) is 0 Å². The van der Waals surface area contributed by atoms with Crippen LogP contribution in [-0.2, 0) is 4.74 Å². The van der Waals surface area contributed by atoms with Crippen LogP contribution in [0.4, 0.5) is 4.39 Å². The van der Waals surface area contributed by atoms with Crippen molar-refractivity contribution in [2.45, 2.75) is 13.3 Å². The maximum absolute atomic E-state index is 13.6. The maximum atomic E-state index is 13.6. The normalized spacial score (nSPS) is 10.5. The third kappa shape index (κ3) is 3.27. The Hall–Kier alpha value is -0.450. The smallest absolute Gasteiger partial charge is 0.191 e. The molecule has 5 heteroatoms. The van der Waals surface area contributed by atoms with Crippen molar-refractivity contribution in [2.24, 2.45) is 0 Å². The van der Waals surface area contributed by atoms with E-state index < -0.39 is 11.6 Å². The van der Waals surface area contributed by atoms with E-state index in [0.29, 0.717) is 11.1 Å². The Bertz CT molecular complexity index is 396. The third-order valence-electron chi connectivity index (χ3n) is 1.92. The van der Waals surface area contributed by atoms with Gasteiger partial charge in [-0.15, -0.1) is 0 Å². The fourth-order valence-corrected chi connectivity index (χ4v) is 1.60. The minimum atomic E-state index is -0.707. The Morgan fingerprint density at radius 1 is 1.56 bits per heavy atom. The number of Topliss-reactive ketones (excluding diaryl/α,β-unsaturated/α-hetero) is 1. The molecule has 16 heavy (non-hydrogen) atoms. The quantitative estimate of drug-likeness (QED) is 0.469. The molecule has 0 atom stereocenters. The van der Waals surface area contributed by atoms with Crippen LogP contribution in [0.1, 0.15) is 23.7 Å². The molecule has 0 saturated heterocycles. The van der Waals surface area contributed by atoms with Gasteiger partial charge >= 0.3 is 0 Å². The third-order valence-corrected chi connectivity index (χ3v) is 3.18. The second kappa shape index (κ2) is 6.33. The number of ether oxygens (including phenoxy) is 1. The highest BCUT2D eigenvalue weighted by Crippen LogP contribution is 2.27. The summed E-state index contributed by atoms with van der Waals surface area (Å²) in [5, 5.41) is -0.0821. The molecule has 0 aliphatic carbocycles. The monoisotopic (exact) mass is 308 g/mol. The van der Waals surface area contributed by atoms with Gasteiger partial charge < -0.3 is 4.74 Å². The molecule has 0 aliphatic rings. The number of carbonyl (C=O) groups excluding carboxylic acids is 1. The standard InChI is InChI=1S/C11H11BrClFO2/c1-2-5-16-6-9(15)7-3-4-8(12)10(13)11(7)14/h3-4H,2,5-6H2,1H3. The summed E-state index contributed by atoms with van der Waals surface area (Å²) in [5.41, 5.74) is -0.0377. The van der Waals surface area contributed by atoms with E-state index in [4.69, 9.17) is 16.3 Å². The molecule has 1 rings (SSSR count). The lowest BCUT2D eigenvalue weighted by Gasteiger charge is -2.05. The van der Waals surface area contributed by atoms with Crippen molar-refractivity contribution in [3.05, 3.63) is 33.0 Å². The van der Waals surface area contributed by atoms with Gasteiger partial charge in [-0.25, -0.2) is 4.39 Å². The van der Waals surface area contributed by atoms with E-state index in [1.165, 1.54) is 6.07 Å². The minimum absolute atomic E-state index is 0.0377. The van der Waals surface area contributed by atoms with Crippen LogP contribution in [0.2, 0.25) is 5.02 Å². The molecule has 1 aromatic rings. The van der Waals surface area contributed by atoms with Crippen LogP contribution in [-0.4, -0.2) is 19.0 Å². The molecule has 0 N–H and O–H groups in total. The van der Waals surface area contributed by atoms with E-state index in [-0.39, 0.29) is 17.2 Å². The molecule has 0 amide bonds. The predicted molar refractivity (Wildman–Crippen MR) is 64.6 cm³/mol. The van der Waals surface area contributed by atoms with Crippen molar-refractivity contribution < 1.29 is 13.9 Å². The van der Waals surface area contributed by atoms with Gasteiger partial charge in [-0.3, -0.25) is 4.79 Å². The van der Waals surface area contributed by atoms with Gasteiger partial charge in [-0.1, -0.05) is 18.5 Å². The zero-order chi connectivity index (χ0) is 12.1. The molecule has 0 saturated carbocycles. The second-order valence-electron chi connectivity index (χ2n) is 3.20. The topological polar surface area (TPSA) is 26.3 Å². The molecule has 0 fully saturated rings. The fourth-order valence-electron chi connectivity index (χ4n) is 1.13. The minimum Gasteiger partial charge on any atom is -0.373 e. The highest BCUT2D eigenvalue weighted by Gasteiger charge is 2.16. The average molecular weight is 310 g/mol. The molecule has 0 spiro atoms. The lowest BCUT2D eigenvalue weighted by atomic mass is 10.1. The van der Waals surface area contributed by atoms with Crippen LogP contribution in [0.5, 0.6) is 0 Å². The number of hydrogen-bond donors (Lipinski definition) is 0. The van der Waals surface area contributed by atoms with E-state index in [1.807, 2.05) is 6.92 Å². The first-order valence-corrected chi connectivity index (χ1v) is 5.99. The molecule has 1 aromatic carbocycles. The Kier molecular flexibility index (Phi) is 5.38. The Morgan fingerprint density at radius 2 is 2.25 bits per heavy atom. The number of carbonyl (C=O) groups is 1. The van der Waals surface area contributed by atoms with Crippen LogP contribution < -0.4 is 0 Å². The number of rotatable bonds is 5. The molecule has 0 heterocycles. The van der Waals surface area contributed by atoms with Gasteiger partial charge in [-0.2, -0.15) is 0 Å². The summed E-state index contributed by atoms with van der Waals surface area (Å²) in [7, 11) is 0. The van der Waals surface area contributed by atoms with Crippen LogP contribution in [0.3, 0.4) is 0 Å². The SMILES string of the molecule is CCCOCC(=O)c1ccc(Br)c(Cl)c1F. The molecule has 2 nitrogen and oxygen atoms in total. The molecule has 0 bridgehead atoms. The van der Waals surface area contributed by atoms with Crippen molar-refractivity contribution in [2.75, 3.05) is 13.2 Å². The number of benzene rings is 1. The van der Waals surface area contributed by atoms with Crippen molar-refractivity contribution in [3.8, 4) is 0 Å². The molecular weight excluding hydrogens is 298 g/mol. The van der Waals surface area contributed by atoms with E-state index >= 15 is 0 Å². The summed E-state index contributed by atoms with van der Waals surface area (Å²) < 4.78 is 19.1. The van der Waals surface area contributed by atoms with E-state index in [1.54, 1.807) is 6.07 Å². The van der Waals surface area contributed by atoms with Crippen LogP contribution in [0.15, 0.2) is 16.6 Å². The van der Waals surface area contributed by atoms with E-state index in [2.05, 4.69) is 15.9 Å². The Morgan fingerprint density at radius 3 is 2.88 bits per heavy atom. The van der Waals surface area contributed by atoms with Crippen molar-refractivity contribution in [3.63, 3.8) is 0 Å². The average Bonchev–Trinajstić information content (AvgIpc) is 2.26. The first-order valence-electron chi connectivity index (χ1n) is 4.82. The number of halogens is 3. The molecular formula is C11H11BrClFO2. The fraction of sp³-hybridized carbons (Fsp3) is 0.364. The lowest BCUT2D eigenvalue weighted by molar-refractivity contribution is 0.0757. The molecule has 0 unspecified atom stereocenters. The van der Waals surface area contributed by atoms with E-state index in [0.717, 1.165) is 6.42 Å². The van der Waals surface area contributed by atoms with Crippen LogP contribution in [0.25, 0.3) is 0 Å². The zero-order valence-corrected chi connectivity index (χ0v) is 11.1. The predicted octanol–water partition coefficient (Wildman–Crippen LogP) is 3.85. The Labute approximate surface area is 107 Å². The second-order valence-corrected chi connectivity index (χ2v) is 4.43. The number of hydrogen-bond acceptors (Lipinski definition) is 2. The van der Waals surface area contributed by atoms with Crippen LogP contribution in [0, 0.1) is 5.82 Å². The summed E-state index contributed by atoms with van der Waals surface area (Å²) in [4.78, 5) is 11.6. The van der Waals surface area contributed by atoms with Crippen LogP contribution >= 0.6 is 27.5 Å². The first-order chi connectivity index (χ1) is 7.57. The molecule has 88 valence electrons. The molecule has 0 radical (unpaired) electrons. The van der Waals surface area contributed by atoms with Gasteiger partial charge in [0.2, 0.25) is 0 Å². The summed E-state index contributed by atoms with van der Waals surface area (Å²) in [6.07, 6.45) is 0.816. The van der Waals surface area contributed by atoms with Crippen molar-refractivity contribution in [1.82, 2.24) is 0 Å². The highest BCUT2D eigenvalue weighted by atomic mass is 79.9. The largest absolute Gasteiger partial charge is 0.373 e. The van der Waals surface area contributed by atoms with Gasteiger partial charge in [0.15, 0.2) is 11.6 Å². The van der Waals surface area contributed by atoms with Gasteiger partial charge in [-0.05, 0) is 34.5 Å². The van der Waals surface area contributed by atoms with Crippen molar-refractivity contribution >= 4 is 33.3 Å². The van der Waals surface area contributed by atoms with Gasteiger partial charge in [0.25, 0.3) is 0 Å². The maximum Gasteiger partial charge on any atom is 0.191 e. The molecule has 0 aromatic heterocycles.